The Balaban J connectivity index is 4.60. The maximum Gasteiger partial charge on any atom is 0.344 e. The van der Waals surface area contributed by atoms with E-state index in [1.807, 2.05) is 33.5 Å². The van der Waals surface area contributed by atoms with Gasteiger partial charge < -0.3 is 14.3 Å². The van der Waals surface area contributed by atoms with E-state index in [4.69, 9.17) is 14.3 Å². The minimum Gasteiger partial charge on any atom is -0.520 e. The molecule has 0 rings (SSSR count). The van der Waals surface area contributed by atoms with Gasteiger partial charge in [0.05, 0.1) is 0 Å². The second-order valence-corrected chi connectivity index (χ2v) is 9.03. The van der Waals surface area contributed by atoms with Gasteiger partial charge in [-0.25, -0.2) is 4.79 Å². The first-order chi connectivity index (χ1) is 6.63. The van der Waals surface area contributed by atoms with Gasteiger partial charge in [0.15, 0.2) is 6.10 Å². The molecule has 15 heavy (non-hydrogen) atoms. The molecule has 5 heteroatoms. The van der Waals surface area contributed by atoms with E-state index in [-0.39, 0.29) is 0 Å². The number of carbonyl (C=O) groups is 1. The van der Waals surface area contributed by atoms with E-state index in [0.717, 1.165) is 5.57 Å². The van der Waals surface area contributed by atoms with Crippen molar-refractivity contribution in [3.63, 3.8) is 0 Å². The summed E-state index contributed by atoms with van der Waals surface area (Å²) < 4.78 is 10.9. The van der Waals surface area contributed by atoms with E-state index in [0.29, 0.717) is 5.95 Å². The average molecular weight is 232 g/mol. The maximum absolute atomic E-state index is 10.6. The molecular formula is C10H20O4Si. The topological polar surface area (TPSA) is 55.8 Å². The predicted molar refractivity (Wildman–Crippen MR) is 61.0 cm³/mol. The van der Waals surface area contributed by atoms with Crippen molar-refractivity contribution in [2.45, 2.75) is 46.5 Å². The molecule has 0 saturated carbocycles. The van der Waals surface area contributed by atoms with E-state index in [1.165, 1.54) is 6.92 Å². The number of allylic oxidation sites excluding steroid dienone is 1. The van der Waals surface area contributed by atoms with E-state index < -0.39 is 20.4 Å². The number of carboxylic acid groups (broad SMARTS) is 1. The molecule has 0 aromatic rings. The maximum atomic E-state index is 10.6. The Morgan fingerprint density at radius 1 is 1.27 bits per heavy atom. The minimum absolute atomic E-state index is 0.351. The van der Waals surface area contributed by atoms with Crippen molar-refractivity contribution in [3.05, 3.63) is 11.5 Å². The molecule has 0 aromatic carbocycles. The van der Waals surface area contributed by atoms with E-state index in [1.54, 1.807) is 0 Å². The summed E-state index contributed by atoms with van der Waals surface area (Å²) in [6.07, 6.45) is -0.883. The molecular weight excluding hydrogens is 212 g/mol. The lowest BCUT2D eigenvalue weighted by Crippen LogP contribution is -2.29. The summed E-state index contributed by atoms with van der Waals surface area (Å²) in [4.78, 5) is 10.6. The van der Waals surface area contributed by atoms with Crippen molar-refractivity contribution in [1.82, 2.24) is 0 Å². The Morgan fingerprint density at radius 3 is 2.00 bits per heavy atom. The summed E-state index contributed by atoms with van der Waals surface area (Å²) >= 11 is 0. The number of aliphatic carboxylic acids is 1. The van der Waals surface area contributed by atoms with Gasteiger partial charge in [-0.1, -0.05) is 0 Å². The Kier molecular flexibility index (Phi) is 4.87. The first kappa shape index (κ1) is 14.0. The van der Waals surface area contributed by atoms with Gasteiger partial charge in [0, 0.05) is 5.57 Å². The van der Waals surface area contributed by atoms with Crippen LogP contribution in [0.25, 0.3) is 0 Å². The number of hydrogen-bond donors (Lipinski definition) is 1. The van der Waals surface area contributed by atoms with Crippen LogP contribution in [-0.4, -0.2) is 25.5 Å². The van der Waals surface area contributed by atoms with Crippen LogP contribution in [-0.2, 0) is 14.0 Å². The fourth-order valence-electron chi connectivity index (χ4n) is 0.733. The molecule has 1 unspecified atom stereocenters. The van der Waals surface area contributed by atoms with Gasteiger partial charge >= 0.3 is 5.97 Å². The van der Waals surface area contributed by atoms with Crippen LogP contribution in [0.3, 0.4) is 0 Å². The number of carboxylic acids is 1. The van der Waals surface area contributed by atoms with Gasteiger partial charge in [-0.05, 0) is 40.4 Å². The van der Waals surface area contributed by atoms with Gasteiger partial charge in [0.1, 0.15) is 0 Å². The molecule has 1 atom stereocenters. The molecule has 88 valence electrons. The van der Waals surface area contributed by atoms with Crippen molar-refractivity contribution in [3.8, 4) is 0 Å². The lowest BCUT2D eigenvalue weighted by Gasteiger charge is -2.24. The number of ether oxygens (including phenoxy) is 1. The van der Waals surface area contributed by atoms with Gasteiger partial charge in [-0.3, -0.25) is 0 Å². The molecule has 0 bridgehead atoms. The molecule has 0 aliphatic carbocycles. The Hall–Kier alpha value is -0.973. The fraction of sp³-hybridized carbons (Fsp3) is 0.700. The standard InChI is InChI=1S/C10H20O4Si/c1-7(2)10(14-15(4,5)6)13-8(3)9(11)12/h8H,1-6H3,(H,11,12). The first-order valence-corrected chi connectivity index (χ1v) is 8.30. The summed E-state index contributed by atoms with van der Waals surface area (Å²) in [5.41, 5.74) is 0.852. The summed E-state index contributed by atoms with van der Waals surface area (Å²) in [7, 11) is -1.76. The highest BCUT2D eigenvalue weighted by Crippen LogP contribution is 2.16. The lowest BCUT2D eigenvalue weighted by molar-refractivity contribution is -0.148. The third-order valence-electron chi connectivity index (χ3n) is 1.44. The van der Waals surface area contributed by atoms with Gasteiger partial charge in [0.2, 0.25) is 8.32 Å². The fourth-order valence-corrected chi connectivity index (χ4v) is 1.54. The van der Waals surface area contributed by atoms with Crippen molar-refractivity contribution < 1.29 is 19.1 Å². The second kappa shape index (κ2) is 5.20. The van der Waals surface area contributed by atoms with Crippen LogP contribution in [0, 0.1) is 0 Å². The van der Waals surface area contributed by atoms with Crippen molar-refractivity contribution >= 4 is 14.3 Å². The Labute approximate surface area is 92.0 Å². The third-order valence-corrected chi connectivity index (χ3v) is 2.24. The third kappa shape index (κ3) is 6.17. The highest BCUT2D eigenvalue weighted by atomic mass is 28.4. The van der Waals surface area contributed by atoms with Crippen LogP contribution in [0.15, 0.2) is 11.5 Å². The highest BCUT2D eigenvalue weighted by molar-refractivity contribution is 6.70. The van der Waals surface area contributed by atoms with Gasteiger partial charge in [0.25, 0.3) is 5.95 Å². The largest absolute Gasteiger partial charge is 0.520 e. The summed E-state index contributed by atoms with van der Waals surface area (Å²) in [6.45, 7) is 11.2. The normalized spacial score (nSPS) is 12.9. The van der Waals surface area contributed by atoms with Crippen LogP contribution in [0.5, 0.6) is 0 Å². The summed E-state index contributed by atoms with van der Waals surface area (Å²) in [5.74, 6) is -0.642. The van der Waals surface area contributed by atoms with Crippen LogP contribution >= 0.6 is 0 Å². The predicted octanol–water partition coefficient (Wildman–Crippen LogP) is 2.58. The molecule has 0 amide bonds. The molecule has 0 aliphatic heterocycles. The molecule has 0 saturated heterocycles. The van der Waals surface area contributed by atoms with Crippen LogP contribution in [0.4, 0.5) is 0 Å². The summed E-state index contributed by atoms with van der Waals surface area (Å²) in [6, 6.07) is 0. The molecule has 0 radical (unpaired) electrons. The highest BCUT2D eigenvalue weighted by Gasteiger charge is 2.22. The van der Waals surface area contributed by atoms with Crippen molar-refractivity contribution in [2.24, 2.45) is 0 Å². The van der Waals surface area contributed by atoms with Crippen LogP contribution < -0.4 is 0 Å². The zero-order valence-corrected chi connectivity index (χ0v) is 11.2. The lowest BCUT2D eigenvalue weighted by atomic mass is 10.4. The first-order valence-electron chi connectivity index (χ1n) is 4.89. The molecule has 0 heterocycles. The summed E-state index contributed by atoms with van der Waals surface area (Å²) in [5, 5.41) is 8.72. The van der Waals surface area contributed by atoms with Crippen LogP contribution in [0.1, 0.15) is 20.8 Å². The quantitative estimate of drug-likeness (QED) is 0.584. The second-order valence-electron chi connectivity index (χ2n) is 4.60. The van der Waals surface area contributed by atoms with Gasteiger partial charge in [-0.2, -0.15) is 0 Å². The van der Waals surface area contributed by atoms with Crippen molar-refractivity contribution in [1.29, 1.82) is 0 Å². The smallest absolute Gasteiger partial charge is 0.344 e. The van der Waals surface area contributed by atoms with Crippen molar-refractivity contribution in [2.75, 3.05) is 0 Å². The SMILES string of the molecule is CC(C)=C(OC(C)C(=O)O)O[Si](C)(C)C. The zero-order valence-electron chi connectivity index (χ0n) is 10.2. The van der Waals surface area contributed by atoms with E-state index in [2.05, 4.69) is 0 Å². The number of hydrogen-bond acceptors (Lipinski definition) is 3. The Morgan fingerprint density at radius 2 is 1.73 bits per heavy atom. The molecule has 0 fully saturated rings. The molecule has 0 spiro atoms. The monoisotopic (exact) mass is 232 g/mol. The van der Waals surface area contributed by atoms with Gasteiger partial charge in [-0.15, -0.1) is 0 Å². The molecule has 1 N–H and O–H groups in total. The number of rotatable bonds is 5. The Bertz CT molecular complexity index is 261. The van der Waals surface area contributed by atoms with E-state index >= 15 is 0 Å². The van der Waals surface area contributed by atoms with E-state index in [9.17, 15) is 4.79 Å². The van der Waals surface area contributed by atoms with Crippen LogP contribution in [0.2, 0.25) is 19.6 Å². The molecule has 4 nitrogen and oxygen atoms in total. The molecule has 0 aromatic heterocycles. The average Bonchev–Trinajstić information content (AvgIpc) is 1.99. The molecule has 0 aliphatic rings. The zero-order chi connectivity index (χ0) is 12.2. The minimum atomic E-state index is -1.76.